The van der Waals surface area contributed by atoms with Gasteiger partial charge in [-0.3, -0.25) is 4.79 Å². The van der Waals surface area contributed by atoms with E-state index in [0.717, 1.165) is 11.6 Å². The minimum Gasteiger partial charge on any atom is -0.287 e. The lowest BCUT2D eigenvalue weighted by Gasteiger charge is -1.98. The molecule has 0 aromatic heterocycles. The van der Waals surface area contributed by atoms with Crippen LogP contribution in [0.5, 0.6) is 0 Å². The van der Waals surface area contributed by atoms with Gasteiger partial charge in [-0.2, -0.15) is 4.39 Å². The van der Waals surface area contributed by atoms with E-state index in [-0.39, 0.29) is 5.56 Å². The third-order valence-electron chi connectivity index (χ3n) is 2.66. The Balaban J connectivity index is 2.19. The number of halogens is 2. The fourth-order valence-corrected chi connectivity index (χ4v) is 1.63. The molecule has 1 nitrogen and oxygen atoms in total. The predicted molar refractivity (Wildman–Crippen MR) is 76.1 cm³/mol. The average Bonchev–Trinajstić information content (AvgIpc) is 2.53. The molecule has 0 aliphatic rings. The van der Waals surface area contributed by atoms with Crippen LogP contribution in [0.4, 0.5) is 8.78 Å². The van der Waals surface area contributed by atoms with Gasteiger partial charge in [0.2, 0.25) is 11.6 Å². The molecule has 0 saturated carbocycles. The molecule has 0 spiro atoms. The summed E-state index contributed by atoms with van der Waals surface area (Å²) in [6, 6.07) is 16.6. The Morgan fingerprint density at radius 1 is 0.850 bits per heavy atom. The van der Waals surface area contributed by atoms with E-state index in [0.29, 0.717) is 0 Å². The van der Waals surface area contributed by atoms with Crippen molar-refractivity contribution in [1.82, 2.24) is 0 Å². The summed E-state index contributed by atoms with van der Waals surface area (Å²) in [6.45, 7) is 0. The number of hydrogen-bond donors (Lipinski definition) is 0. The first-order chi connectivity index (χ1) is 9.68. The Bertz CT molecular complexity index is 643. The van der Waals surface area contributed by atoms with Crippen LogP contribution in [0.1, 0.15) is 11.1 Å². The summed E-state index contributed by atoms with van der Waals surface area (Å²) >= 11 is 0. The van der Waals surface area contributed by atoms with Crippen LogP contribution in [-0.2, 0) is 4.79 Å². The van der Waals surface area contributed by atoms with Crippen molar-refractivity contribution >= 4 is 17.7 Å². The van der Waals surface area contributed by atoms with E-state index in [9.17, 15) is 13.6 Å². The number of ketones is 1. The van der Waals surface area contributed by atoms with E-state index in [1.807, 2.05) is 6.07 Å². The fourth-order valence-electron chi connectivity index (χ4n) is 1.63. The maximum Gasteiger partial charge on any atom is 0.217 e. The van der Waals surface area contributed by atoms with Crippen LogP contribution < -0.4 is 0 Å². The monoisotopic (exact) mass is 270 g/mol. The zero-order chi connectivity index (χ0) is 14.4. The minimum atomic E-state index is -1.39. The molecule has 0 radical (unpaired) electrons. The molecular weight excluding hydrogens is 258 g/mol. The first-order valence-electron chi connectivity index (χ1n) is 6.06. The maximum absolute atomic E-state index is 13.8. The van der Waals surface area contributed by atoms with Crippen molar-refractivity contribution < 1.29 is 13.6 Å². The van der Waals surface area contributed by atoms with E-state index < -0.39 is 17.4 Å². The summed E-state index contributed by atoms with van der Waals surface area (Å²) in [7, 11) is 0. The standard InChI is InChI=1S/C17H12F2O/c18-16(14-9-5-2-6-10-14)17(19)15(20)12-11-13-7-3-1-4-8-13/h1-12H. The Morgan fingerprint density at radius 3 is 2.00 bits per heavy atom. The second-order valence-electron chi connectivity index (χ2n) is 4.10. The predicted octanol–water partition coefficient (Wildman–Crippen LogP) is 4.58. The van der Waals surface area contributed by atoms with Gasteiger partial charge in [-0.05, 0) is 11.6 Å². The van der Waals surface area contributed by atoms with Crippen LogP contribution in [0.25, 0.3) is 11.9 Å². The highest BCUT2D eigenvalue weighted by atomic mass is 19.2. The second-order valence-corrected chi connectivity index (χ2v) is 4.10. The topological polar surface area (TPSA) is 17.1 Å². The Labute approximate surface area is 115 Å². The van der Waals surface area contributed by atoms with Crippen LogP contribution in [0, 0.1) is 0 Å². The van der Waals surface area contributed by atoms with Crippen molar-refractivity contribution in [2.75, 3.05) is 0 Å². The first kappa shape index (κ1) is 13.9. The molecule has 0 amide bonds. The minimum absolute atomic E-state index is 0.0476. The lowest BCUT2D eigenvalue weighted by molar-refractivity contribution is -0.112. The number of rotatable bonds is 4. The average molecular weight is 270 g/mol. The molecule has 0 heterocycles. The lowest BCUT2D eigenvalue weighted by Crippen LogP contribution is -1.95. The van der Waals surface area contributed by atoms with Gasteiger partial charge in [-0.1, -0.05) is 66.7 Å². The summed E-state index contributed by atoms with van der Waals surface area (Å²) in [4.78, 5) is 11.6. The highest BCUT2D eigenvalue weighted by Crippen LogP contribution is 2.22. The number of carbonyl (C=O) groups excluding carboxylic acids is 1. The number of allylic oxidation sites excluding steroid dienone is 2. The first-order valence-corrected chi connectivity index (χ1v) is 6.06. The van der Waals surface area contributed by atoms with E-state index in [4.69, 9.17) is 0 Å². The van der Waals surface area contributed by atoms with E-state index >= 15 is 0 Å². The van der Waals surface area contributed by atoms with E-state index in [2.05, 4.69) is 0 Å². The molecular formula is C17H12F2O. The van der Waals surface area contributed by atoms with Crippen molar-refractivity contribution in [2.24, 2.45) is 0 Å². The molecule has 0 saturated heterocycles. The van der Waals surface area contributed by atoms with Crippen LogP contribution in [0.3, 0.4) is 0 Å². The molecule has 100 valence electrons. The molecule has 0 aliphatic heterocycles. The van der Waals surface area contributed by atoms with Crippen molar-refractivity contribution in [3.63, 3.8) is 0 Å². The molecule has 0 N–H and O–H groups in total. The third kappa shape index (κ3) is 3.48. The molecule has 0 unspecified atom stereocenters. The lowest BCUT2D eigenvalue weighted by atomic mass is 10.1. The molecule has 2 rings (SSSR count). The van der Waals surface area contributed by atoms with Crippen molar-refractivity contribution in [2.45, 2.75) is 0 Å². The molecule has 0 atom stereocenters. The summed E-state index contributed by atoms with van der Waals surface area (Å²) in [6.07, 6.45) is 2.47. The van der Waals surface area contributed by atoms with E-state index in [1.54, 1.807) is 42.5 Å². The van der Waals surface area contributed by atoms with Gasteiger partial charge in [-0.15, -0.1) is 0 Å². The summed E-state index contributed by atoms with van der Waals surface area (Å²) < 4.78 is 27.4. The largest absolute Gasteiger partial charge is 0.287 e. The summed E-state index contributed by atoms with van der Waals surface area (Å²) in [5, 5.41) is 0. The zero-order valence-corrected chi connectivity index (χ0v) is 10.6. The van der Waals surface area contributed by atoms with Crippen LogP contribution >= 0.6 is 0 Å². The van der Waals surface area contributed by atoms with Crippen molar-refractivity contribution in [3.8, 4) is 0 Å². The quantitative estimate of drug-likeness (QED) is 0.743. The van der Waals surface area contributed by atoms with Crippen LogP contribution in [0.15, 0.2) is 72.6 Å². The van der Waals surface area contributed by atoms with Gasteiger partial charge < -0.3 is 0 Å². The zero-order valence-electron chi connectivity index (χ0n) is 10.6. The second kappa shape index (κ2) is 6.57. The highest BCUT2D eigenvalue weighted by Gasteiger charge is 2.14. The Morgan fingerprint density at radius 2 is 1.40 bits per heavy atom. The van der Waals surface area contributed by atoms with Gasteiger partial charge in [0.05, 0.1) is 0 Å². The number of carbonyl (C=O) groups is 1. The number of hydrogen-bond acceptors (Lipinski definition) is 1. The molecule has 2 aromatic carbocycles. The van der Waals surface area contributed by atoms with Crippen molar-refractivity contribution in [3.05, 3.63) is 83.7 Å². The molecule has 0 fully saturated rings. The van der Waals surface area contributed by atoms with Gasteiger partial charge in [0.25, 0.3) is 0 Å². The molecule has 0 bridgehead atoms. The normalized spacial score (nSPS) is 12.3. The molecule has 0 aliphatic carbocycles. The Kier molecular flexibility index (Phi) is 4.56. The summed E-state index contributed by atoms with van der Waals surface area (Å²) in [5.74, 6) is -3.52. The van der Waals surface area contributed by atoms with Crippen LogP contribution in [0.2, 0.25) is 0 Å². The van der Waals surface area contributed by atoms with Gasteiger partial charge >= 0.3 is 0 Å². The fraction of sp³-hybridized carbons (Fsp3) is 0. The highest BCUT2D eigenvalue weighted by molar-refractivity contribution is 6.08. The van der Waals surface area contributed by atoms with E-state index in [1.165, 1.54) is 18.2 Å². The van der Waals surface area contributed by atoms with Gasteiger partial charge in [-0.25, -0.2) is 4.39 Å². The van der Waals surface area contributed by atoms with Gasteiger partial charge in [0, 0.05) is 5.56 Å². The third-order valence-corrected chi connectivity index (χ3v) is 2.66. The molecule has 2 aromatic rings. The van der Waals surface area contributed by atoms with Gasteiger partial charge in [0.1, 0.15) is 0 Å². The molecule has 20 heavy (non-hydrogen) atoms. The van der Waals surface area contributed by atoms with Crippen molar-refractivity contribution in [1.29, 1.82) is 0 Å². The number of benzene rings is 2. The smallest absolute Gasteiger partial charge is 0.217 e. The SMILES string of the molecule is O=C(C=Cc1ccccc1)C(F)=C(F)c1ccccc1. The Hall–Kier alpha value is -2.55. The molecule has 3 heteroatoms. The maximum atomic E-state index is 13.8. The summed E-state index contributed by atoms with van der Waals surface area (Å²) in [5.41, 5.74) is 0.792. The van der Waals surface area contributed by atoms with Gasteiger partial charge in [0.15, 0.2) is 5.83 Å². The van der Waals surface area contributed by atoms with Crippen LogP contribution in [-0.4, -0.2) is 5.78 Å².